The first-order valence-electron chi connectivity index (χ1n) is 8.80. The van der Waals surface area contributed by atoms with E-state index in [1.54, 1.807) is 0 Å². The fraction of sp³-hybridized carbons (Fsp3) is 0.941. The molecule has 0 aromatic heterocycles. The van der Waals surface area contributed by atoms with Gasteiger partial charge in [-0.05, 0) is 71.8 Å². The Bertz CT molecular complexity index is 351. The minimum atomic E-state index is -0.405. The Hall–Kier alpha value is -0.810. The zero-order valence-corrected chi connectivity index (χ0v) is 14.4. The van der Waals surface area contributed by atoms with Crippen LogP contribution in [0.2, 0.25) is 0 Å². The highest BCUT2D eigenvalue weighted by Gasteiger charge is 2.27. The number of nitrogens with zero attached hydrogens (tertiary/aromatic N) is 1. The minimum absolute atomic E-state index is 0.167. The molecular formula is C17H33N3O2. The normalized spacial score (nSPS) is 27.7. The fourth-order valence-electron chi connectivity index (χ4n) is 3.30. The smallest absolute Gasteiger partial charge is 0.410 e. The van der Waals surface area contributed by atoms with Gasteiger partial charge in [0, 0.05) is 25.2 Å². The van der Waals surface area contributed by atoms with Gasteiger partial charge in [-0.1, -0.05) is 0 Å². The summed E-state index contributed by atoms with van der Waals surface area (Å²) in [6.07, 6.45) is 6.68. The van der Waals surface area contributed by atoms with Crippen LogP contribution in [0.1, 0.15) is 59.3 Å². The average molecular weight is 311 g/mol. The molecule has 5 nitrogen and oxygen atoms in total. The molecule has 5 heteroatoms. The van der Waals surface area contributed by atoms with Gasteiger partial charge < -0.3 is 20.7 Å². The second-order valence-electron chi connectivity index (χ2n) is 7.93. The summed E-state index contributed by atoms with van der Waals surface area (Å²) in [5, 5.41) is 3.70. The van der Waals surface area contributed by atoms with Gasteiger partial charge >= 0.3 is 6.09 Å². The van der Waals surface area contributed by atoms with Crippen LogP contribution < -0.4 is 11.1 Å². The maximum absolute atomic E-state index is 12.0. The molecule has 128 valence electrons. The zero-order valence-electron chi connectivity index (χ0n) is 14.4. The number of piperidine rings is 1. The number of nitrogens with one attached hydrogen (secondary N) is 1. The Morgan fingerprint density at radius 3 is 2.27 bits per heavy atom. The average Bonchev–Trinajstić information content (AvgIpc) is 2.45. The van der Waals surface area contributed by atoms with Gasteiger partial charge in [0.2, 0.25) is 0 Å². The second kappa shape index (κ2) is 7.64. The van der Waals surface area contributed by atoms with Crippen LogP contribution in [-0.2, 0) is 4.74 Å². The summed E-state index contributed by atoms with van der Waals surface area (Å²) in [7, 11) is 0. The van der Waals surface area contributed by atoms with Crippen LogP contribution in [0.5, 0.6) is 0 Å². The van der Waals surface area contributed by atoms with Gasteiger partial charge in [0.25, 0.3) is 0 Å². The van der Waals surface area contributed by atoms with E-state index in [4.69, 9.17) is 10.5 Å². The number of nitrogens with two attached hydrogens (primary N) is 1. The van der Waals surface area contributed by atoms with Gasteiger partial charge in [-0.15, -0.1) is 0 Å². The van der Waals surface area contributed by atoms with Gasteiger partial charge in [-0.2, -0.15) is 0 Å². The largest absolute Gasteiger partial charge is 0.444 e. The molecule has 1 amide bonds. The molecule has 0 aromatic rings. The van der Waals surface area contributed by atoms with Crippen LogP contribution in [0.4, 0.5) is 4.79 Å². The first kappa shape index (κ1) is 17.5. The molecule has 1 aliphatic carbocycles. The van der Waals surface area contributed by atoms with E-state index in [1.165, 1.54) is 12.8 Å². The number of carbonyl (C=O) groups excluding carboxylic acids is 1. The Balaban J connectivity index is 1.64. The summed E-state index contributed by atoms with van der Waals surface area (Å²) >= 11 is 0. The minimum Gasteiger partial charge on any atom is -0.444 e. The van der Waals surface area contributed by atoms with Crippen LogP contribution in [0.15, 0.2) is 0 Å². The van der Waals surface area contributed by atoms with Crippen molar-refractivity contribution in [3.8, 4) is 0 Å². The second-order valence-corrected chi connectivity index (χ2v) is 7.93. The number of rotatable bonds is 3. The molecule has 1 aliphatic heterocycles. The van der Waals surface area contributed by atoms with Crippen molar-refractivity contribution in [2.75, 3.05) is 19.6 Å². The number of hydrogen-bond donors (Lipinski definition) is 2. The summed E-state index contributed by atoms with van der Waals surface area (Å²) in [6.45, 7) is 8.45. The van der Waals surface area contributed by atoms with Crippen molar-refractivity contribution in [1.29, 1.82) is 0 Å². The number of likely N-dealkylation sites (tertiary alicyclic amines) is 1. The molecule has 2 aliphatic rings. The predicted octanol–water partition coefficient (Wildman–Crippen LogP) is 2.49. The predicted molar refractivity (Wildman–Crippen MR) is 88.8 cm³/mol. The third kappa shape index (κ3) is 5.76. The van der Waals surface area contributed by atoms with Crippen LogP contribution in [0, 0.1) is 5.92 Å². The Morgan fingerprint density at radius 1 is 1.14 bits per heavy atom. The van der Waals surface area contributed by atoms with Crippen LogP contribution in [0.25, 0.3) is 0 Å². The van der Waals surface area contributed by atoms with Gasteiger partial charge in [0.1, 0.15) is 5.60 Å². The van der Waals surface area contributed by atoms with Crippen molar-refractivity contribution in [2.45, 2.75) is 77.0 Å². The van der Waals surface area contributed by atoms with Crippen molar-refractivity contribution in [2.24, 2.45) is 11.7 Å². The molecule has 22 heavy (non-hydrogen) atoms. The van der Waals surface area contributed by atoms with Crippen molar-refractivity contribution >= 4 is 6.09 Å². The topological polar surface area (TPSA) is 67.6 Å². The summed E-state index contributed by atoms with van der Waals surface area (Å²) in [6, 6.07) is 1.05. The molecule has 0 atom stereocenters. The quantitative estimate of drug-likeness (QED) is 0.840. The van der Waals surface area contributed by atoms with E-state index >= 15 is 0 Å². The summed E-state index contributed by atoms with van der Waals surface area (Å²) < 4.78 is 5.44. The van der Waals surface area contributed by atoms with E-state index < -0.39 is 5.60 Å². The maximum atomic E-state index is 12.0. The summed E-state index contributed by atoms with van der Waals surface area (Å²) in [5.74, 6) is 0.675. The van der Waals surface area contributed by atoms with Gasteiger partial charge in [0.05, 0.1) is 0 Å². The molecule has 1 saturated carbocycles. The molecular weight excluding hydrogens is 278 g/mol. The fourth-order valence-corrected chi connectivity index (χ4v) is 3.30. The highest BCUT2D eigenvalue weighted by molar-refractivity contribution is 5.68. The number of carbonyl (C=O) groups is 1. The molecule has 0 aromatic carbocycles. The zero-order chi connectivity index (χ0) is 16.2. The lowest BCUT2D eigenvalue weighted by Crippen LogP contribution is -2.45. The molecule has 1 saturated heterocycles. The summed E-state index contributed by atoms with van der Waals surface area (Å²) in [5.41, 5.74) is 5.54. The van der Waals surface area contributed by atoms with Crippen LogP contribution in [-0.4, -0.2) is 48.3 Å². The van der Waals surface area contributed by atoms with E-state index in [9.17, 15) is 4.79 Å². The van der Waals surface area contributed by atoms with E-state index in [0.717, 1.165) is 45.3 Å². The van der Waals surface area contributed by atoms with Crippen molar-refractivity contribution in [3.05, 3.63) is 0 Å². The molecule has 0 radical (unpaired) electrons. The maximum Gasteiger partial charge on any atom is 0.410 e. The van der Waals surface area contributed by atoms with Crippen LogP contribution in [0.3, 0.4) is 0 Å². The highest BCUT2D eigenvalue weighted by Crippen LogP contribution is 2.21. The van der Waals surface area contributed by atoms with Crippen molar-refractivity contribution in [3.63, 3.8) is 0 Å². The van der Waals surface area contributed by atoms with Crippen molar-refractivity contribution < 1.29 is 9.53 Å². The molecule has 0 spiro atoms. The number of ether oxygens (including phenoxy) is 1. The highest BCUT2D eigenvalue weighted by atomic mass is 16.6. The number of amides is 1. The molecule has 0 bridgehead atoms. The molecule has 2 rings (SSSR count). The first-order valence-corrected chi connectivity index (χ1v) is 8.80. The first-order chi connectivity index (χ1) is 10.3. The SMILES string of the molecule is CC(C)(C)OC(=O)N1CCC(CNC2CCC(N)CC2)CC1. The number of hydrogen-bond acceptors (Lipinski definition) is 4. The van der Waals surface area contributed by atoms with E-state index in [0.29, 0.717) is 18.0 Å². The molecule has 0 unspecified atom stereocenters. The van der Waals surface area contributed by atoms with Gasteiger partial charge in [-0.25, -0.2) is 4.79 Å². The molecule has 2 fully saturated rings. The monoisotopic (exact) mass is 311 g/mol. The van der Waals surface area contributed by atoms with E-state index in [2.05, 4.69) is 5.32 Å². The third-order valence-electron chi connectivity index (χ3n) is 4.73. The Kier molecular flexibility index (Phi) is 6.09. The molecule has 3 N–H and O–H groups in total. The third-order valence-corrected chi connectivity index (χ3v) is 4.73. The standard InChI is InChI=1S/C17H33N3O2/c1-17(2,3)22-16(21)20-10-8-13(9-11-20)12-19-15-6-4-14(18)5-7-15/h13-15,19H,4-12,18H2,1-3H3. The van der Waals surface area contributed by atoms with Gasteiger partial charge in [0.15, 0.2) is 0 Å². The molecule has 1 heterocycles. The van der Waals surface area contributed by atoms with Crippen molar-refractivity contribution in [1.82, 2.24) is 10.2 Å². The summed E-state index contributed by atoms with van der Waals surface area (Å²) in [4.78, 5) is 13.9. The lowest BCUT2D eigenvalue weighted by Gasteiger charge is -2.34. The van der Waals surface area contributed by atoms with Gasteiger partial charge in [-0.3, -0.25) is 0 Å². The van der Waals surface area contributed by atoms with E-state index in [-0.39, 0.29) is 6.09 Å². The Morgan fingerprint density at radius 2 is 1.73 bits per heavy atom. The van der Waals surface area contributed by atoms with Crippen LogP contribution >= 0.6 is 0 Å². The lowest BCUT2D eigenvalue weighted by molar-refractivity contribution is 0.0183. The van der Waals surface area contributed by atoms with E-state index in [1.807, 2.05) is 25.7 Å². The Labute approximate surface area is 134 Å². The lowest BCUT2D eigenvalue weighted by atomic mass is 9.90.